The Bertz CT molecular complexity index is 307. The predicted octanol–water partition coefficient (Wildman–Crippen LogP) is 0.266. The SMILES string of the molecule is CCOCNc1nc(N)nc(NCOCC)n1. The molecule has 8 heteroatoms. The first-order valence-electron chi connectivity index (χ1n) is 5.41. The molecule has 0 fully saturated rings. The molecule has 17 heavy (non-hydrogen) atoms. The quantitative estimate of drug-likeness (QED) is 0.440. The first kappa shape index (κ1) is 13.4. The fraction of sp³-hybridized carbons (Fsp3) is 0.667. The largest absolute Gasteiger partial charge is 0.368 e. The fourth-order valence-electron chi connectivity index (χ4n) is 0.986. The summed E-state index contributed by atoms with van der Waals surface area (Å²) >= 11 is 0. The van der Waals surface area contributed by atoms with E-state index in [4.69, 9.17) is 15.2 Å². The van der Waals surface area contributed by atoms with Crippen LogP contribution in [0.5, 0.6) is 0 Å². The summed E-state index contributed by atoms with van der Waals surface area (Å²) in [5.74, 6) is 0.868. The van der Waals surface area contributed by atoms with Gasteiger partial charge < -0.3 is 25.8 Å². The fourth-order valence-corrected chi connectivity index (χ4v) is 0.986. The van der Waals surface area contributed by atoms with E-state index in [1.54, 1.807) is 0 Å². The molecule has 1 heterocycles. The van der Waals surface area contributed by atoms with Crippen LogP contribution in [0.15, 0.2) is 0 Å². The summed E-state index contributed by atoms with van der Waals surface area (Å²) in [6.07, 6.45) is 0. The van der Waals surface area contributed by atoms with Crippen LogP contribution in [0.25, 0.3) is 0 Å². The Hall–Kier alpha value is -1.67. The van der Waals surface area contributed by atoms with Gasteiger partial charge >= 0.3 is 0 Å². The van der Waals surface area contributed by atoms with Gasteiger partial charge in [-0.3, -0.25) is 0 Å². The van der Waals surface area contributed by atoms with Crippen LogP contribution in [0.3, 0.4) is 0 Å². The molecular weight excluding hydrogens is 224 g/mol. The monoisotopic (exact) mass is 242 g/mol. The summed E-state index contributed by atoms with van der Waals surface area (Å²) in [6.45, 7) is 5.68. The van der Waals surface area contributed by atoms with E-state index in [0.29, 0.717) is 38.6 Å². The molecule has 0 saturated heterocycles. The first-order chi connectivity index (χ1) is 8.26. The van der Waals surface area contributed by atoms with Crippen LogP contribution in [0.1, 0.15) is 13.8 Å². The van der Waals surface area contributed by atoms with Gasteiger partial charge in [0.15, 0.2) is 0 Å². The van der Waals surface area contributed by atoms with Gasteiger partial charge in [0.2, 0.25) is 17.8 Å². The number of nitrogen functional groups attached to an aromatic ring is 1. The highest BCUT2D eigenvalue weighted by Gasteiger charge is 2.03. The highest BCUT2D eigenvalue weighted by molar-refractivity contribution is 5.39. The van der Waals surface area contributed by atoms with E-state index >= 15 is 0 Å². The first-order valence-corrected chi connectivity index (χ1v) is 5.41. The minimum atomic E-state index is 0.137. The van der Waals surface area contributed by atoms with Crippen molar-refractivity contribution in [3.8, 4) is 0 Å². The van der Waals surface area contributed by atoms with Crippen molar-refractivity contribution < 1.29 is 9.47 Å². The smallest absolute Gasteiger partial charge is 0.231 e. The van der Waals surface area contributed by atoms with E-state index < -0.39 is 0 Å². The predicted molar refractivity (Wildman–Crippen MR) is 64.5 cm³/mol. The van der Waals surface area contributed by atoms with Crippen LogP contribution in [0.2, 0.25) is 0 Å². The van der Waals surface area contributed by atoms with Crippen molar-refractivity contribution in [3.05, 3.63) is 0 Å². The lowest BCUT2D eigenvalue weighted by Crippen LogP contribution is -2.14. The zero-order chi connectivity index (χ0) is 12.5. The van der Waals surface area contributed by atoms with Crippen molar-refractivity contribution in [1.82, 2.24) is 15.0 Å². The molecule has 1 rings (SSSR count). The maximum Gasteiger partial charge on any atom is 0.231 e. The normalized spacial score (nSPS) is 10.2. The minimum Gasteiger partial charge on any atom is -0.368 e. The highest BCUT2D eigenvalue weighted by atomic mass is 16.5. The number of hydrogen-bond acceptors (Lipinski definition) is 8. The van der Waals surface area contributed by atoms with Gasteiger partial charge in [0.25, 0.3) is 0 Å². The maximum absolute atomic E-state index is 5.54. The Kier molecular flexibility index (Phi) is 5.97. The van der Waals surface area contributed by atoms with E-state index in [0.717, 1.165) is 0 Å². The van der Waals surface area contributed by atoms with Crippen molar-refractivity contribution in [1.29, 1.82) is 0 Å². The van der Waals surface area contributed by atoms with Crippen LogP contribution in [0, 0.1) is 0 Å². The molecule has 8 nitrogen and oxygen atoms in total. The average molecular weight is 242 g/mol. The van der Waals surface area contributed by atoms with Crippen LogP contribution in [-0.2, 0) is 9.47 Å². The number of anilines is 3. The van der Waals surface area contributed by atoms with E-state index in [-0.39, 0.29) is 5.95 Å². The van der Waals surface area contributed by atoms with E-state index in [1.807, 2.05) is 13.8 Å². The van der Waals surface area contributed by atoms with Crippen LogP contribution in [-0.4, -0.2) is 41.6 Å². The molecule has 1 aromatic rings. The molecular formula is C9H18N6O2. The lowest BCUT2D eigenvalue weighted by molar-refractivity contribution is 0.165. The van der Waals surface area contributed by atoms with Gasteiger partial charge in [-0.1, -0.05) is 0 Å². The topological polar surface area (TPSA) is 107 Å². The molecule has 0 saturated carbocycles. The summed E-state index contributed by atoms with van der Waals surface area (Å²) < 4.78 is 10.2. The lowest BCUT2D eigenvalue weighted by Gasteiger charge is -2.08. The summed E-state index contributed by atoms with van der Waals surface area (Å²) in [6, 6.07) is 0. The third-order valence-corrected chi connectivity index (χ3v) is 1.73. The number of nitrogens with two attached hydrogens (primary N) is 1. The highest BCUT2D eigenvalue weighted by Crippen LogP contribution is 2.06. The zero-order valence-electron chi connectivity index (χ0n) is 10.1. The summed E-state index contributed by atoms with van der Waals surface area (Å²) in [4.78, 5) is 11.9. The molecule has 96 valence electrons. The number of rotatable bonds is 8. The van der Waals surface area contributed by atoms with E-state index in [1.165, 1.54) is 0 Å². The average Bonchev–Trinajstić information content (AvgIpc) is 2.29. The van der Waals surface area contributed by atoms with Crippen LogP contribution >= 0.6 is 0 Å². The zero-order valence-corrected chi connectivity index (χ0v) is 10.1. The molecule has 0 atom stereocenters. The van der Waals surface area contributed by atoms with E-state index in [9.17, 15) is 0 Å². The van der Waals surface area contributed by atoms with Gasteiger partial charge in [-0.25, -0.2) is 0 Å². The van der Waals surface area contributed by atoms with Crippen molar-refractivity contribution >= 4 is 17.8 Å². The second-order valence-electron chi connectivity index (χ2n) is 2.97. The number of ether oxygens (including phenoxy) is 2. The Morgan fingerprint density at radius 2 is 1.41 bits per heavy atom. The molecule has 0 amide bonds. The Morgan fingerprint density at radius 1 is 0.941 bits per heavy atom. The lowest BCUT2D eigenvalue weighted by atomic mass is 10.8. The molecule has 4 N–H and O–H groups in total. The van der Waals surface area contributed by atoms with Crippen LogP contribution < -0.4 is 16.4 Å². The van der Waals surface area contributed by atoms with Gasteiger partial charge in [0.1, 0.15) is 13.5 Å². The van der Waals surface area contributed by atoms with Crippen molar-refractivity contribution in [2.75, 3.05) is 43.0 Å². The summed E-state index contributed by atoms with van der Waals surface area (Å²) in [5, 5.41) is 5.74. The molecule has 0 aliphatic carbocycles. The number of nitrogens with zero attached hydrogens (tertiary/aromatic N) is 3. The van der Waals surface area contributed by atoms with Gasteiger partial charge in [0.05, 0.1) is 0 Å². The molecule has 0 radical (unpaired) electrons. The van der Waals surface area contributed by atoms with Crippen molar-refractivity contribution in [3.63, 3.8) is 0 Å². The molecule has 1 aromatic heterocycles. The minimum absolute atomic E-state index is 0.137. The molecule has 0 aliphatic rings. The second-order valence-corrected chi connectivity index (χ2v) is 2.97. The van der Waals surface area contributed by atoms with Crippen LogP contribution in [0.4, 0.5) is 17.8 Å². The Labute approximate surface area is 99.9 Å². The molecule has 0 aromatic carbocycles. The summed E-state index contributed by atoms with van der Waals surface area (Å²) in [5.41, 5.74) is 5.54. The maximum atomic E-state index is 5.54. The number of aromatic nitrogens is 3. The summed E-state index contributed by atoms with van der Waals surface area (Å²) in [7, 11) is 0. The molecule has 0 bridgehead atoms. The van der Waals surface area contributed by atoms with Gasteiger partial charge in [-0.2, -0.15) is 15.0 Å². The third-order valence-electron chi connectivity index (χ3n) is 1.73. The third kappa shape index (κ3) is 5.27. The van der Waals surface area contributed by atoms with E-state index in [2.05, 4.69) is 25.6 Å². The standard InChI is InChI=1S/C9H18N6O2/c1-3-16-5-11-8-13-7(10)14-9(15-8)12-6-17-4-2/h3-6H2,1-2H3,(H4,10,11,12,13,14,15). The Morgan fingerprint density at radius 3 is 1.82 bits per heavy atom. The second kappa shape index (κ2) is 7.58. The van der Waals surface area contributed by atoms with Gasteiger partial charge in [-0.05, 0) is 13.8 Å². The molecule has 0 spiro atoms. The Balaban J connectivity index is 2.53. The van der Waals surface area contributed by atoms with Gasteiger partial charge in [0, 0.05) is 13.2 Å². The van der Waals surface area contributed by atoms with Crippen molar-refractivity contribution in [2.24, 2.45) is 0 Å². The van der Waals surface area contributed by atoms with Crippen molar-refractivity contribution in [2.45, 2.75) is 13.8 Å². The number of nitrogens with one attached hydrogen (secondary N) is 2. The molecule has 0 aliphatic heterocycles. The van der Waals surface area contributed by atoms with Gasteiger partial charge in [-0.15, -0.1) is 0 Å². The molecule has 0 unspecified atom stereocenters. The number of hydrogen-bond donors (Lipinski definition) is 3.